The fraction of sp³-hybridized carbons (Fsp3) is 0.450. The van der Waals surface area contributed by atoms with Gasteiger partial charge in [0.2, 0.25) is 5.95 Å². The van der Waals surface area contributed by atoms with Gasteiger partial charge in [-0.2, -0.15) is 0 Å². The Balaban J connectivity index is 0.00000300. The summed E-state index contributed by atoms with van der Waals surface area (Å²) < 4.78 is 1.10. The normalized spacial score (nSPS) is 15.0. The first-order valence-corrected chi connectivity index (χ1v) is 10.4. The zero-order valence-corrected chi connectivity index (χ0v) is 20.9. The largest absolute Gasteiger partial charge is 0.355 e. The molecule has 0 spiro atoms. The molecule has 0 aliphatic carbocycles. The van der Waals surface area contributed by atoms with E-state index in [1.807, 2.05) is 13.1 Å². The highest BCUT2D eigenvalue weighted by atomic mass is 127. The van der Waals surface area contributed by atoms with Crippen LogP contribution in [0.15, 0.2) is 52.2 Å². The molecular formula is C20H29BrIN7. The quantitative estimate of drug-likeness (QED) is 0.326. The predicted molar refractivity (Wildman–Crippen MR) is 133 cm³/mol. The lowest BCUT2D eigenvalue weighted by molar-refractivity contribution is 0.259. The molecule has 1 fully saturated rings. The first-order valence-electron chi connectivity index (χ1n) is 9.56. The average Bonchev–Trinajstić information content (AvgIpc) is 2.74. The first kappa shape index (κ1) is 23.8. The highest BCUT2D eigenvalue weighted by molar-refractivity contribution is 14.0. The number of hydrogen-bond acceptors (Lipinski definition) is 5. The van der Waals surface area contributed by atoms with Crippen molar-refractivity contribution in [2.75, 3.05) is 58.3 Å². The van der Waals surface area contributed by atoms with Gasteiger partial charge in [-0.05, 0) is 23.8 Å². The van der Waals surface area contributed by atoms with Crippen LogP contribution in [0.2, 0.25) is 0 Å². The molecule has 1 aromatic carbocycles. The second-order valence-corrected chi connectivity index (χ2v) is 7.75. The summed E-state index contributed by atoms with van der Waals surface area (Å²) in [5.74, 6) is 1.74. The number of hydrogen-bond donors (Lipinski definition) is 1. The second-order valence-electron chi connectivity index (χ2n) is 6.83. The molecule has 1 aliphatic rings. The van der Waals surface area contributed by atoms with Gasteiger partial charge in [0.25, 0.3) is 0 Å². The molecule has 1 saturated heterocycles. The van der Waals surface area contributed by atoms with Crippen LogP contribution in [-0.4, -0.2) is 79.1 Å². The highest BCUT2D eigenvalue weighted by Gasteiger charge is 2.18. The molecular weight excluding hydrogens is 545 g/mol. The van der Waals surface area contributed by atoms with Crippen LogP contribution in [-0.2, 0) is 6.54 Å². The van der Waals surface area contributed by atoms with Gasteiger partial charge in [0.1, 0.15) is 0 Å². The third-order valence-electron chi connectivity index (χ3n) is 4.82. The molecule has 2 aromatic rings. The van der Waals surface area contributed by atoms with E-state index in [1.165, 1.54) is 5.56 Å². The lowest BCUT2D eigenvalue weighted by Crippen LogP contribution is -2.49. The molecule has 158 valence electrons. The van der Waals surface area contributed by atoms with Crippen LogP contribution in [0.1, 0.15) is 5.56 Å². The van der Waals surface area contributed by atoms with Crippen molar-refractivity contribution in [1.29, 1.82) is 0 Å². The molecule has 0 amide bonds. The Morgan fingerprint density at radius 3 is 2.41 bits per heavy atom. The molecule has 1 aliphatic heterocycles. The molecule has 7 nitrogen and oxygen atoms in total. The number of anilines is 1. The van der Waals surface area contributed by atoms with Crippen LogP contribution in [0.25, 0.3) is 0 Å². The van der Waals surface area contributed by atoms with Crippen molar-refractivity contribution in [2.45, 2.75) is 6.54 Å². The number of nitrogens with one attached hydrogen (secondary N) is 1. The van der Waals surface area contributed by atoms with E-state index in [0.29, 0.717) is 0 Å². The molecule has 29 heavy (non-hydrogen) atoms. The molecule has 0 saturated carbocycles. The van der Waals surface area contributed by atoms with Crippen LogP contribution in [0.5, 0.6) is 0 Å². The Morgan fingerprint density at radius 1 is 1.14 bits per heavy atom. The number of halogens is 2. The summed E-state index contributed by atoms with van der Waals surface area (Å²) in [7, 11) is 3.90. The number of aromatic nitrogens is 2. The van der Waals surface area contributed by atoms with E-state index in [0.717, 1.165) is 62.2 Å². The number of rotatable bonds is 6. The van der Waals surface area contributed by atoms with Crippen molar-refractivity contribution >= 4 is 51.8 Å². The van der Waals surface area contributed by atoms with Gasteiger partial charge in [0, 0.05) is 76.8 Å². The van der Waals surface area contributed by atoms with Crippen molar-refractivity contribution in [1.82, 2.24) is 25.1 Å². The molecule has 0 unspecified atom stereocenters. The standard InChI is InChI=1S/C20H28BrN7.HI/c1-22-19(26(2)16-17-4-6-18(21)7-5-17)25-10-11-27-12-14-28(15-13-27)20-23-8-3-9-24-20;/h3-9H,10-16H2,1-2H3,(H,22,25);1H. The van der Waals surface area contributed by atoms with Crippen LogP contribution in [0, 0.1) is 0 Å². The van der Waals surface area contributed by atoms with Crippen molar-refractivity contribution in [3.63, 3.8) is 0 Å². The number of guanidine groups is 1. The SMILES string of the molecule is CN=C(NCCN1CCN(c2ncccn2)CC1)N(C)Cc1ccc(Br)cc1.I. The van der Waals surface area contributed by atoms with Gasteiger partial charge >= 0.3 is 0 Å². The van der Waals surface area contributed by atoms with Crippen LogP contribution in [0.4, 0.5) is 5.95 Å². The number of nitrogens with zero attached hydrogens (tertiary/aromatic N) is 6. The lowest BCUT2D eigenvalue weighted by Gasteiger charge is -2.34. The predicted octanol–water partition coefficient (Wildman–Crippen LogP) is 2.69. The molecule has 3 rings (SSSR count). The number of aliphatic imine (C=N–C) groups is 1. The Kier molecular flexibility index (Phi) is 10.1. The minimum atomic E-state index is 0. The molecule has 9 heteroatoms. The van der Waals surface area contributed by atoms with Gasteiger partial charge in [0.05, 0.1) is 0 Å². The second kappa shape index (κ2) is 12.3. The van der Waals surface area contributed by atoms with E-state index in [-0.39, 0.29) is 24.0 Å². The minimum absolute atomic E-state index is 0. The van der Waals surface area contributed by atoms with Crippen molar-refractivity contribution < 1.29 is 0 Å². The van der Waals surface area contributed by atoms with Gasteiger partial charge in [-0.3, -0.25) is 9.89 Å². The Hall–Kier alpha value is -1.46. The maximum Gasteiger partial charge on any atom is 0.225 e. The summed E-state index contributed by atoms with van der Waals surface area (Å²) in [5.41, 5.74) is 1.26. The summed E-state index contributed by atoms with van der Waals surface area (Å²) in [6.45, 7) is 6.65. The molecule has 2 heterocycles. The van der Waals surface area contributed by atoms with E-state index in [4.69, 9.17) is 0 Å². The Morgan fingerprint density at radius 2 is 1.79 bits per heavy atom. The fourth-order valence-corrected chi connectivity index (χ4v) is 3.54. The Labute approximate surface area is 198 Å². The van der Waals surface area contributed by atoms with Crippen LogP contribution < -0.4 is 10.2 Å². The molecule has 0 atom stereocenters. The third kappa shape index (κ3) is 7.38. The van der Waals surface area contributed by atoms with E-state index in [2.05, 4.69) is 82.2 Å². The smallest absolute Gasteiger partial charge is 0.225 e. The van der Waals surface area contributed by atoms with Crippen molar-refractivity contribution in [2.24, 2.45) is 4.99 Å². The molecule has 0 radical (unpaired) electrons. The van der Waals surface area contributed by atoms with Crippen LogP contribution >= 0.6 is 39.9 Å². The monoisotopic (exact) mass is 573 g/mol. The van der Waals surface area contributed by atoms with Gasteiger partial charge in [0.15, 0.2) is 5.96 Å². The van der Waals surface area contributed by atoms with Crippen molar-refractivity contribution in [3.05, 3.63) is 52.8 Å². The summed E-state index contributed by atoms with van der Waals surface area (Å²) in [6, 6.07) is 10.2. The van der Waals surface area contributed by atoms with Gasteiger partial charge in [-0.1, -0.05) is 28.1 Å². The summed E-state index contributed by atoms with van der Waals surface area (Å²) >= 11 is 3.48. The summed E-state index contributed by atoms with van der Waals surface area (Å²) in [6.07, 6.45) is 3.60. The summed E-state index contributed by atoms with van der Waals surface area (Å²) in [5, 5.41) is 3.48. The minimum Gasteiger partial charge on any atom is -0.355 e. The molecule has 1 N–H and O–H groups in total. The topological polar surface area (TPSA) is 59.9 Å². The average molecular weight is 574 g/mol. The van der Waals surface area contributed by atoms with Crippen molar-refractivity contribution in [3.8, 4) is 0 Å². The van der Waals surface area contributed by atoms with E-state index < -0.39 is 0 Å². The van der Waals surface area contributed by atoms with Crippen LogP contribution in [0.3, 0.4) is 0 Å². The van der Waals surface area contributed by atoms with E-state index in [9.17, 15) is 0 Å². The van der Waals surface area contributed by atoms with Gasteiger partial charge in [-0.25, -0.2) is 9.97 Å². The lowest BCUT2D eigenvalue weighted by atomic mass is 10.2. The van der Waals surface area contributed by atoms with E-state index >= 15 is 0 Å². The summed E-state index contributed by atoms with van der Waals surface area (Å²) in [4.78, 5) is 20.0. The molecule has 1 aromatic heterocycles. The first-order chi connectivity index (χ1) is 13.7. The Bertz CT molecular complexity index is 749. The number of benzene rings is 1. The highest BCUT2D eigenvalue weighted by Crippen LogP contribution is 2.12. The zero-order valence-electron chi connectivity index (χ0n) is 17.0. The number of piperazine rings is 1. The zero-order chi connectivity index (χ0) is 19.8. The van der Waals surface area contributed by atoms with Gasteiger partial charge < -0.3 is 15.1 Å². The van der Waals surface area contributed by atoms with E-state index in [1.54, 1.807) is 12.4 Å². The maximum atomic E-state index is 4.41. The maximum absolute atomic E-state index is 4.41. The van der Waals surface area contributed by atoms with Gasteiger partial charge in [-0.15, -0.1) is 24.0 Å². The third-order valence-corrected chi connectivity index (χ3v) is 5.35. The fourth-order valence-electron chi connectivity index (χ4n) is 3.28. The molecule has 0 bridgehead atoms.